The van der Waals surface area contributed by atoms with Crippen molar-refractivity contribution in [2.45, 2.75) is 30.8 Å². The maximum atomic E-state index is 13.3. The number of para-hydroxylation sites is 1. The van der Waals surface area contributed by atoms with Gasteiger partial charge in [-0.15, -0.1) is 10.2 Å². The van der Waals surface area contributed by atoms with E-state index in [0.717, 1.165) is 66.6 Å². The van der Waals surface area contributed by atoms with Crippen LogP contribution in [0.4, 0.5) is 5.69 Å². The summed E-state index contributed by atoms with van der Waals surface area (Å²) in [6, 6.07) is 19.4. The highest BCUT2D eigenvalue weighted by atomic mass is 16.5. The summed E-state index contributed by atoms with van der Waals surface area (Å²) in [5.41, 5.74) is 3.05. The molecular formula is C29H31N7O2. The Balaban J connectivity index is 1.26. The van der Waals surface area contributed by atoms with Crippen LogP contribution in [-0.2, 0) is 12.6 Å². The van der Waals surface area contributed by atoms with Gasteiger partial charge in [0.15, 0.2) is 11.6 Å². The smallest absolute Gasteiger partial charge is 0.251 e. The average Bonchev–Trinajstić information content (AvgIpc) is 3.36. The second-order valence-corrected chi connectivity index (χ2v) is 9.88. The first-order valence-electron chi connectivity index (χ1n) is 13.0. The van der Waals surface area contributed by atoms with Crippen LogP contribution in [-0.4, -0.2) is 45.4 Å². The molecule has 0 spiro atoms. The molecule has 1 atom stereocenters. The first kappa shape index (κ1) is 24.1. The molecule has 2 aromatic carbocycles. The summed E-state index contributed by atoms with van der Waals surface area (Å²) in [5.74, 6) is 2.40. The van der Waals surface area contributed by atoms with Crippen LogP contribution >= 0.6 is 0 Å². The van der Waals surface area contributed by atoms with Crippen LogP contribution in [0.3, 0.4) is 0 Å². The molecule has 0 bridgehead atoms. The molecule has 2 aliphatic heterocycles. The number of benzene rings is 2. The Bertz CT molecular complexity index is 1430. The lowest BCUT2D eigenvalue weighted by Crippen LogP contribution is -2.47. The van der Waals surface area contributed by atoms with Gasteiger partial charge in [-0.1, -0.05) is 24.3 Å². The molecule has 6 rings (SSSR count). The van der Waals surface area contributed by atoms with Gasteiger partial charge in [-0.3, -0.25) is 9.78 Å². The van der Waals surface area contributed by atoms with Crippen molar-refractivity contribution in [3.05, 3.63) is 90.0 Å². The Morgan fingerprint density at radius 1 is 1.05 bits per heavy atom. The van der Waals surface area contributed by atoms with E-state index in [1.54, 1.807) is 12.4 Å². The van der Waals surface area contributed by atoms with E-state index < -0.39 is 5.54 Å². The number of amides is 1. The van der Waals surface area contributed by atoms with E-state index >= 15 is 0 Å². The molecule has 2 aromatic heterocycles. The molecule has 0 saturated carbocycles. The quantitative estimate of drug-likeness (QED) is 0.363. The Morgan fingerprint density at radius 2 is 1.87 bits per heavy atom. The van der Waals surface area contributed by atoms with Crippen LogP contribution in [0.25, 0.3) is 11.4 Å². The van der Waals surface area contributed by atoms with Crippen LogP contribution in [0.5, 0.6) is 5.75 Å². The van der Waals surface area contributed by atoms with Crippen molar-refractivity contribution in [3.63, 3.8) is 0 Å². The van der Waals surface area contributed by atoms with Crippen LogP contribution < -0.4 is 20.7 Å². The fraction of sp³-hybridized carbons (Fsp3) is 0.310. The molecule has 2 aliphatic rings. The summed E-state index contributed by atoms with van der Waals surface area (Å²) in [6.45, 7) is 2.29. The summed E-state index contributed by atoms with van der Waals surface area (Å²) >= 11 is 0. The van der Waals surface area contributed by atoms with E-state index in [-0.39, 0.29) is 11.9 Å². The Kier molecular flexibility index (Phi) is 6.51. The topological polar surface area (TPSA) is 106 Å². The minimum absolute atomic E-state index is 0.0786. The molecule has 9 nitrogen and oxygen atoms in total. The lowest BCUT2D eigenvalue weighted by molar-refractivity contribution is 0.0925. The molecule has 4 heterocycles. The molecule has 0 unspecified atom stereocenters. The number of aromatic nitrogens is 4. The van der Waals surface area contributed by atoms with Crippen LogP contribution in [0.2, 0.25) is 0 Å². The van der Waals surface area contributed by atoms with E-state index in [4.69, 9.17) is 4.74 Å². The predicted molar refractivity (Wildman–Crippen MR) is 145 cm³/mol. The van der Waals surface area contributed by atoms with Gasteiger partial charge in [-0.2, -0.15) is 0 Å². The molecule has 9 heteroatoms. The van der Waals surface area contributed by atoms with Gasteiger partial charge >= 0.3 is 0 Å². The second kappa shape index (κ2) is 10.3. The van der Waals surface area contributed by atoms with Crippen molar-refractivity contribution in [1.29, 1.82) is 0 Å². The fourth-order valence-electron chi connectivity index (χ4n) is 5.50. The summed E-state index contributed by atoms with van der Waals surface area (Å²) in [4.78, 5) is 17.4. The lowest BCUT2D eigenvalue weighted by Gasteiger charge is -2.38. The number of pyridine rings is 1. The number of nitrogens with one attached hydrogen (secondary N) is 3. The highest BCUT2D eigenvalue weighted by molar-refractivity contribution is 5.95. The summed E-state index contributed by atoms with van der Waals surface area (Å²) in [7, 11) is 2.01. The SMILES string of the molecule is Cn1c(-c2ccncc2)nnc1C1(Nc2cccc(C(=O)N[C@H]3CCOc4ccccc43)c2)CCNCC1. The number of piperidine rings is 1. The highest BCUT2D eigenvalue weighted by Crippen LogP contribution is 2.36. The maximum Gasteiger partial charge on any atom is 0.251 e. The minimum Gasteiger partial charge on any atom is -0.493 e. The second-order valence-electron chi connectivity index (χ2n) is 9.88. The van der Waals surface area contributed by atoms with Gasteiger partial charge in [0.2, 0.25) is 0 Å². The summed E-state index contributed by atoms with van der Waals surface area (Å²) < 4.78 is 7.82. The van der Waals surface area contributed by atoms with Gasteiger partial charge in [0.1, 0.15) is 11.3 Å². The van der Waals surface area contributed by atoms with E-state index in [2.05, 4.69) is 35.7 Å². The van der Waals surface area contributed by atoms with Crippen molar-refractivity contribution in [3.8, 4) is 17.1 Å². The van der Waals surface area contributed by atoms with Gasteiger partial charge in [0.05, 0.1) is 12.6 Å². The normalized spacial score (nSPS) is 18.2. The van der Waals surface area contributed by atoms with Gasteiger partial charge in [0.25, 0.3) is 5.91 Å². The molecule has 38 heavy (non-hydrogen) atoms. The number of rotatable bonds is 6. The van der Waals surface area contributed by atoms with E-state index in [1.165, 1.54) is 0 Å². The van der Waals surface area contributed by atoms with Crippen molar-refractivity contribution in [2.24, 2.45) is 7.05 Å². The molecule has 1 saturated heterocycles. The molecule has 0 radical (unpaired) electrons. The number of fused-ring (bicyclic) bond motifs is 1. The number of anilines is 1. The largest absolute Gasteiger partial charge is 0.493 e. The van der Waals surface area contributed by atoms with Gasteiger partial charge in [0, 0.05) is 48.2 Å². The third-order valence-corrected chi connectivity index (χ3v) is 7.47. The fourth-order valence-corrected chi connectivity index (χ4v) is 5.50. The molecule has 4 aromatic rings. The number of nitrogens with zero attached hydrogens (tertiary/aromatic N) is 4. The zero-order chi connectivity index (χ0) is 26.0. The van der Waals surface area contributed by atoms with Gasteiger partial charge in [-0.05, 0) is 62.3 Å². The van der Waals surface area contributed by atoms with Crippen LogP contribution in [0, 0.1) is 0 Å². The Hall–Kier alpha value is -4.24. The number of hydrogen-bond donors (Lipinski definition) is 3. The molecule has 1 fully saturated rings. The molecular weight excluding hydrogens is 478 g/mol. The highest BCUT2D eigenvalue weighted by Gasteiger charge is 2.39. The average molecular weight is 510 g/mol. The van der Waals surface area contributed by atoms with Crippen molar-refractivity contribution < 1.29 is 9.53 Å². The van der Waals surface area contributed by atoms with Crippen molar-refractivity contribution >= 4 is 11.6 Å². The zero-order valence-electron chi connectivity index (χ0n) is 21.4. The summed E-state index contributed by atoms with van der Waals surface area (Å²) in [6.07, 6.45) is 5.94. The lowest BCUT2D eigenvalue weighted by atomic mass is 9.86. The molecule has 1 amide bonds. The van der Waals surface area contributed by atoms with Gasteiger partial charge < -0.3 is 25.3 Å². The Morgan fingerprint density at radius 3 is 2.71 bits per heavy atom. The van der Waals surface area contributed by atoms with Crippen LogP contribution in [0.1, 0.15) is 47.1 Å². The predicted octanol–water partition coefficient (Wildman–Crippen LogP) is 3.82. The molecule has 194 valence electrons. The molecule has 0 aliphatic carbocycles. The van der Waals surface area contributed by atoms with Crippen molar-refractivity contribution in [1.82, 2.24) is 30.4 Å². The summed E-state index contributed by atoms with van der Waals surface area (Å²) in [5, 5.41) is 19.6. The number of carbonyl (C=O) groups excluding carboxylic acids is 1. The number of hydrogen-bond acceptors (Lipinski definition) is 7. The van der Waals surface area contributed by atoms with Crippen LogP contribution in [0.15, 0.2) is 73.1 Å². The zero-order valence-corrected chi connectivity index (χ0v) is 21.4. The number of carbonyl (C=O) groups is 1. The minimum atomic E-state index is -0.424. The third kappa shape index (κ3) is 4.61. The monoisotopic (exact) mass is 509 g/mol. The van der Waals surface area contributed by atoms with E-state index in [9.17, 15) is 4.79 Å². The van der Waals surface area contributed by atoms with E-state index in [0.29, 0.717) is 12.2 Å². The first-order valence-corrected chi connectivity index (χ1v) is 13.0. The first-order chi connectivity index (χ1) is 18.6. The standard InChI is InChI=1S/C29H31N7O2/c1-36-26(20-9-14-30-15-10-20)34-35-28(36)29(12-16-31-17-13-29)33-22-6-4-5-21(19-22)27(37)32-24-11-18-38-25-8-3-2-7-23(24)25/h2-10,14-15,19,24,31,33H,11-13,16-18H2,1H3,(H,32,37)/t24-/m0/s1. The van der Waals surface area contributed by atoms with Crippen molar-refractivity contribution in [2.75, 3.05) is 25.0 Å². The van der Waals surface area contributed by atoms with Gasteiger partial charge in [-0.25, -0.2) is 0 Å². The van der Waals surface area contributed by atoms with E-state index in [1.807, 2.05) is 67.7 Å². The molecule has 3 N–H and O–H groups in total. The number of ether oxygens (including phenoxy) is 1. The third-order valence-electron chi connectivity index (χ3n) is 7.47. The maximum absolute atomic E-state index is 13.3. The Labute approximate surface area is 221 Å².